The van der Waals surface area contributed by atoms with Crippen LogP contribution >= 0.6 is 0 Å². The van der Waals surface area contributed by atoms with E-state index in [9.17, 15) is 14.4 Å². The lowest BCUT2D eigenvalue weighted by Crippen LogP contribution is -2.30. The fourth-order valence-corrected chi connectivity index (χ4v) is 9.18. The number of allylic oxidation sites excluding steroid dienone is 6. The summed E-state index contributed by atoms with van der Waals surface area (Å²) in [7, 11) is 0. The van der Waals surface area contributed by atoms with Crippen LogP contribution in [0.1, 0.15) is 335 Å². The Morgan fingerprint density at radius 2 is 0.543 bits per heavy atom. The van der Waals surface area contributed by atoms with Crippen molar-refractivity contribution in [1.82, 2.24) is 0 Å². The Labute approximate surface area is 435 Å². The summed E-state index contributed by atoms with van der Waals surface area (Å²) in [5.41, 5.74) is 0. The second kappa shape index (κ2) is 59.2. The standard InChI is InChI=1S/C64H118O6/c1-4-7-10-13-16-19-22-24-26-27-28-29-30-31-32-33-34-35-36-37-39-40-42-45-48-51-54-57-63(66)69-60-61(59-68-62(65)56-53-50-47-44-21-18-15-12-9-6-3)70-64(67)58-55-52-49-46-43-41-38-25-23-20-17-14-11-8-5-2/h12,15,17,20,25,38,61H,4-11,13-14,16,18-19,21-24,26-37,39-60H2,1-3H3/b15-12-,20-17-,38-25-. The molecule has 0 spiro atoms. The third kappa shape index (κ3) is 56.5. The topological polar surface area (TPSA) is 78.9 Å². The van der Waals surface area contributed by atoms with E-state index in [-0.39, 0.29) is 31.1 Å². The van der Waals surface area contributed by atoms with Crippen LogP contribution in [0.15, 0.2) is 36.5 Å². The minimum Gasteiger partial charge on any atom is -0.462 e. The minimum atomic E-state index is -0.780. The molecular weight excluding hydrogens is 865 g/mol. The predicted molar refractivity (Wildman–Crippen MR) is 302 cm³/mol. The molecule has 0 aromatic heterocycles. The maximum Gasteiger partial charge on any atom is 0.306 e. The Kier molecular flexibility index (Phi) is 57.2. The molecule has 0 N–H and O–H groups in total. The summed E-state index contributed by atoms with van der Waals surface area (Å²) in [6.45, 7) is 6.58. The van der Waals surface area contributed by atoms with Gasteiger partial charge in [0.1, 0.15) is 13.2 Å². The number of hydrogen-bond acceptors (Lipinski definition) is 6. The van der Waals surface area contributed by atoms with Crippen molar-refractivity contribution < 1.29 is 28.6 Å². The summed E-state index contributed by atoms with van der Waals surface area (Å²) in [5.74, 6) is -0.885. The molecular formula is C64H118O6. The van der Waals surface area contributed by atoms with Crippen molar-refractivity contribution in [3.05, 3.63) is 36.5 Å². The van der Waals surface area contributed by atoms with E-state index in [1.807, 2.05) is 0 Å². The van der Waals surface area contributed by atoms with Gasteiger partial charge in [-0.25, -0.2) is 0 Å². The largest absolute Gasteiger partial charge is 0.462 e. The van der Waals surface area contributed by atoms with Gasteiger partial charge in [0.25, 0.3) is 0 Å². The highest BCUT2D eigenvalue weighted by Gasteiger charge is 2.19. The molecule has 0 amide bonds. The molecule has 1 atom stereocenters. The number of esters is 3. The summed E-state index contributed by atoms with van der Waals surface area (Å²) in [5, 5.41) is 0. The highest BCUT2D eigenvalue weighted by molar-refractivity contribution is 5.71. The molecule has 6 heteroatoms. The molecule has 1 unspecified atom stereocenters. The number of carbonyl (C=O) groups excluding carboxylic acids is 3. The molecule has 0 aliphatic rings. The van der Waals surface area contributed by atoms with Gasteiger partial charge in [0.15, 0.2) is 6.10 Å². The fraction of sp³-hybridized carbons (Fsp3) is 0.859. The molecule has 0 heterocycles. The van der Waals surface area contributed by atoms with Gasteiger partial charge in [0.05, 0.1) is 0 Å². The molecule has 0 aliphatic heterocycles. The van der Waals surface area contributed by atoms with Crippen LogP contribution in [0.25, 0.3) is 0 Å². The lowest BCUT2D eigenvalue weighted by Gasteiger charge is -2.18. The third-order valence-electron chi connectivity index (χ3n) is 13.8. The molecule has 0 rings (SSSR count). The highest BCUT2D eigenvalue weighted by atomic mass is 16.6. The van der Waals surface area contributed by atoms with Gasteiger partial charge in [-0.15, -0.1) is 0 Å². The van der Waals surface area contributed by atoms with Gasteiger partial charge in [0.2, 0.25) is 0 Å². The van der Waals surface area contributed by atoms with Crippen molar-refractivity contribution >= 4 is 17.9 Å². The first kappa shape index (κ1) is 67.6. The van der Waals surface area contributed by atoms with E-state index in [1.54, 1.807) is 0 Å². The van der Waals surface area contributed by atoms with E-state index in [4.69, 9.17) is 14.2 Å². The predicted octanol–water partition coefficient (Wildman–Crippen LogP) is 20.8. The van der Waals surface area contributed by atoms with Crippen LogP contribution in [0, 0.1) is 0 Å². The lowest BCUT2D eigenvalue weighted by atomic mass is 10.0. The van der Waals surface area contributed by atoms with E-state index in [0.29, 0.717) is 19.3 Å². The molecule has 410 valence electrons. The van der Waals surface area contributed by atoms with Crippen LogP contribution in [0.2, 0.25) is 0 Å². The van der Waals surface area contributed by atoms with Gasteiger partial charge >= 0.3 is 17.9 Å². The van der Waals surface area contributed by atoms with Gasteiger partial charge in [-0.3, -0.25) is 14.4 Å². The number of carbonyl (C=O) groups is 3. The number of rotatable bonds is 57. The Morgan fingerprint density at radius 1 is 0.286 bits per heavy atom. The molecule has 6 nitrogen and oxygen atoms in total. The first-order chi connectivity index (χ1) is 34.5. The maximum atomic E-state index is 12.8. The molecule has 0 bridgehead atoms. The van der Waals surface area contributed by atoms with Gasteiger partial charge in [0, 0.05) is 19.3 Å². The minimum absolute atomic E-state index is 0.0772. The smallest absolute Gasteiger partial charge is 0.306 e. The summed E-state index contributed by atoms with van der Waals surface area (Å²) in [6, 6.07) is 0. The monoisotopic (exact) mass is 983 g/mol. The van der Waals surface area contributed by atoms with Crippen molar-refractivity contribution in [2.75, 3.05) is 13.2 Å². The van der Waals surface area contributed by atoms with E-state index in [1.165, 1.54) is 199 Å². The lowest BCUT2D eigenvalue weighted by molar-refractivity contribution is -0.167. The first-order valence-electron chi connectivity index (χ1n) is 31.0. The molecule has 0 saturated carbocycles. The van der Waals surface area contributed by atoms with E-state index < -0.39 is 6.10 Å². The van der Waals surface area contributed by atoms with Crippen molar-refractivity contribution in [1.29, 1.82) is 0 Å². The Bertz CT molecular complexity index is 1170. The van der Waals surface area contributed by atoms with E-state index in [2.05, 4.69) is 57.2 Å². The highest BCUT2D eigenvalue weighted by Crippen LogP contribution is 2.18. The van der Waals surface area contributed by atoms with E-state index in [0.717, 1.165) is 96.3 Å². The molecule has 0 aromatic carbocycles. The van der Waals surface area contributed by atoms with Gasteiger partial charge in [-0.05, 0) is 70.6 Å². The van der Waals surface area contributed by atoms with Crippen LogP contribution in [-0.4, -0.2) is 37.2 Å². The van der Waals surface area contributed by atoms with Crippen LogP contribution in [-0.2, 0) is 28.6 Å². The van der Waals surface area contributed by atoms with Crippen molar-refractivity contribution in [2.45, 2.75) is 341 Å². The summed E-state index contributed by atoms with van der Waals surface area (Å²) >= 11 is 0. The number of ether oxygens (including phenoxy) is 3. The first-order valence-corrected chi connectivity index (χ1v) is 31.0. The summed E-state index contributed by atoms with van der Waals surface area (Å²) in [6.07, 6.45) is 71.7. The van der Waals surface area contributed by atoms with Crippen LogP contribution in [0.5, 0.6) is 0 Å². The van der Waals surface area contributed by atoms with Crippen LogP contribution < -0.4 is 0 Å². The van der Waals surface area contributed by atoms with Crippen molar-refractivity contribution in [2.24, 2.45) is 0 Å². The second-order valence-corrected chi connectivity index (χ2v) is 21.0. The zero-order valence-corrected chi connectivity index (χ0v) is 47.1. The van der Waals surface area contributed by atoms with Crippen LogP contribution in [0.4, 0.5) is 0 Å². The van der Waals surface area contributed by atoms with Crippen molar-refractivity contribution in [3.63, 3.8) is 0 Å². The maximum absolute atomic E-state index is 12.8. The molecule has 0 aliphatic carbocycles. The second-order valence-electron chi connectivity index (χ2n) is 21.0. The zero-order valence-electron chi connectivity index (χ0n) is 47.1. The van der Waals surface area contributed by atoms with Gasteiger partial charge in [-0.1, -0.05) is 282 Å². The SMILES string of the molecule is CCC/C=C\CCCCCCCC(=O)OCC(COC(=O)CCCCCCCCCCCCCCCCCCCCCCCCCCCCC)OC(=O)CCCCCCC/C=C\C/C=C\CCCCC. The molecule has 70 heavy (non-hydrogen) atoms. The molecule has 0 aromatic rings. The van der Waals surface area contributed by atoms with Gasteiger partial charge < -0.3 is 14.2 Å². The molecule has 0 radical (unpaired) electrons. The van der Waals surface area contributed by atoms with Gasteiger partial charge in [-0.2, -0.15) is 0 Å². The van der Waals surface area contributed by atoms with Crippen molar-refractivity contribution in [3.8, 4) is 0 Å². The Hall–Kier alpha value is -2.37. The normalized spacial score (nSPS) is 12.2. The summed E-state index contributed by atoms with van der Waals surface area (Å²) < 4.78 is 16.8. The Balaban J connectivity index is 4.13. The molecule has 0 saturated heterocycles. The number of unbranched alkanes of at least 4 members (excludes halogenated alkanes) is 40. The number of hydrogen-bond donors (Lipinski definition) is 0. The quantitative estimate of drug-likeness (QED) is 0.0261. The molecule has 0 fully saturated rings. The average Bonchev–Trinajstić information content (AvgIpc) is 3.36. The zero-order chi connectivity index (χ0) is 50.7. The Morgan fingerprint density at radius 3 is 0.886 bits per heavy atom. The van der Waals surface area contributed by atoms with E-state index >= 15 is 0 Å². The summed E-state index contributed by atoms with van der Waals surface area (Å²) in [4.78, 5) is 38.1. The average molecular weight is 984 g/mol. The van der Waals surface area contributed by atoms with Crippen LogP contribution in [0.3, 0.4) is 0 Å². The fourth-order valence-electron chi connectivity index (χ4n) is 9.18. The third-order valence-corrected chi connectivity index (χ3v) is 13.8.